The Morgan fingerprint density at radius 1 is 1.10 bits per heavy atom. The molecule has 5 nitrogen and oxygen atoms in total. The van der Waals surface area contributed by atoms with E-state index in [2.05, 4.69) is 10.5 Å². The van der Waals surface area contributed by atoms with Crippen LogP contribution in [0.4, 0.5) is 0 Å². The van der Waals surface area contributed by atoms with Crippen molar-refractivity contribution in [3.63, 3.8) is 0 Å². The molecule has 2 rings (SSSR count). The van der Waals surface area contributed by atoms with Gasteiger partial charge in [-0.05, 0) is 29.8 Å². The summed E-state index contributed by atoms with van der Waals surface area (Å²) in [6.45, 7) is -0.0988. The molecule has 0 aliphatic carbocycles. The molecule has 108 valence electrons. The number of hydrazone groups is 1. The molecule has 2 aromatic rings. The number of methoxy groups -OCH3 is 1. The lowest BCUT2D eigenvalue weighted by atomic mass is 10.2. The Morgan fingerprint density at radius 3 is 2.43 bits per heavy atom. The number of carbonyl (C=O) groups is 1. The highest BCUT2D eigenvalue weighted by Crippen LogP contribution is 2.16. The van der Waals surface area contributed by atoms with Gasteiger partial charge >= 0.3 is 0 Å². The minimum absolute atomic E-state index is 0.0988. The Morgan fingerprint density at radius 2 is 1.76 bits per heavy atom. The summed E-state index contributed by atoms with van der Waals surface area (Å²) in [5, 5.41) is 3.86. The molecule has 0 bridgehead atoms. The van der Waals surface area contributed by atoms with Crippen LogP contribution in [0, 0.1) is 0 Å². The van der Waals surface area contributed by atoms with Crippen molar-refractivity contribution in [3.05, 3.63) is 60.2 Å². The highest BCUT2D eigenvalue weighted by atomic mass is 16.5. The van der Waals surface area contributed by atoms with Crippen molar-refractivity contribution in [2.75, 3.05) is 13.7 Å². The second-order valence-corrected chi connectivity index (χ2v) is 4.17. The minimum Gasteiger partial charge on any atom is -0.497 e. The SMILES string of the molecule is COc1ccc(OCC(=O)NN=Cc2ccccc2)cc1. The zero-order valence-corrected chi connectivity index (χ0v) is 11.7. The van der Waals surface area contributed by atoms with Gasteiger partial charge in [-0.3, -0.25) is 4.79 Å². The van der Waals surface area contributed by atoms with E-state index in [1.807, 2.05) is 30.3 Å². The standard InChI is InChI=1S/C16H16N2O3/c1-20-14-7-9-15(10-8-14)21-12-16(19)18-17-11-13-5-3-2-4-6-13/h2-11H,12H2,1H3,(H,18,19). The van der Waals surface area contributed by atoms with Crippen molar-refractivity contribution < 1.29 is 14.3 Å². The van der Waals surface area contributed by atoms with E-state index in [-0.39, 0.29) is 12.5 Å². The first-order chi connectivity index (χ1) is 10.3. The number of carbonyl (C=O) groups excluding carboxylic acids is 1. The fourth-order valence-corrected chi connectivity index (χ4v) is 1.57. The van der Waals surface area contributed by atoms with Crippen LogP contribution in [0.25, 0.3) is 0 Å². The van der Waals surface area contributed by atoms with E-state index in [0.29, 0.717) is 5.75 Å². The number of rotatable bonds is 6. The maximum Gasteiger partial charge on any atom is 0.277 e. The predicted molar refractivity (Wildman–Crippen MR) is 80.7 cm³/mol. The van der Waals surface area contributed by atoms with Crippen LogP contribution in [0.5, 0.6) is 11.5 Å². The third kappa shape index (κ3) is 4.99. The van der Waals surface area contributed by atoms with Crippen LogP contribution in [-0.2, 0) is 4.79 Å². The smallest absolute Gasteiger partial charge is 0.277 e. The van der Waals surface area contributed by atoms with Gasteiger partial charge in [0.1, 0.15) is 11.5 Å². The van der Waals surface area contributed by atoms with Crippen LogP contribution in [0.3, 0.4) is 0 Å². The Bertz CT molecular complexity index is 595. The summed E-state index contributed by atoms with van der Waals surface area (Å²) in [4.78, 5) is 11.6. The number of nitrogens with zero attached hydrogens (tertiary/aromatic N) is 1. The summed E-state index contributed by atoms with van der Waals surface area (Å²) < 4.78 is 10.4. The Labute approximate surface area is 123 Å². The summed E-state index contributed by atoms with van der Waals surface area (Å²) >= 11 is 0. The number of benzene rings is 2. The molecule has 0 aliphatic heterocycles. The summed E-state index contributed by atoms with van der Waals surface area (Å²) in [6.07, 6.45) is 1.57. The molecule has 0 atom stereocenters. The van der Waals surface area contributed by atoms with Crippen molar-refractivity contribution in [1.82, 2.24) is 5.43 Å². The molecule has 0 spiro atoms. The Kier molecular flexibility index (Phi) is 5.34. The van der Waals surface area contributed by atoms with E-state index >= 15 is 0 Å². The van der Waals surface area contributed by atoms with E-state index in [4.69, 9.17) is 9.47 Å². The first-order valence-corrected chi connectivity index (χ1v) is 6.42. The fraction of sp³-hybridized carbons (Fsp3) is 0.125. The molecule has 0 fully saturated rings. The van der Waals surface area contributed by atoms with Crippen molar-refractivity contribution in [1.29, 1.82) is 0 Å². The van der Waals surface area contributed by atoms with E-state index in [0.717, 1.165) is 11.3 Å². The van der Waals surface area contributed by atoms with Crippen LogP contribution >= 0.6 is 0 Å². The average Bonchev–Trinajstić information content (AvgIpc) is 2.54. The van der Waals surface area contributed by atoms with Crippen molar-refractivity contribution in [2.45, 2.75) is 0 Å². The number of hydrogen-bond donors (Lipinski definition) is 1. The first kappa shape index (κ1) is 14.6. The number of ether oxygens (including phenoxy) is 2. The zero-order chi connectivity index (χ0) is 14.9. The molecule has 0 aliphatic rings. The van der Waals surface area contributed by atoms with Crippen LogP contribution in [-0.4, -0.2) is 25.8 Å². The number of amides is 1. The highest BCUT2D eigenvalue weighted by Gasteiger charge is 2.01. The van der Waals surface area contributed by atoms with Crippen LogP contribution in [0.15, 0.2) is 59.7 Å². The lowest BCUT2D eigenvalue weighted by molar-refractivity contribution is -0.123. The summed E-state index contributed by atoms with van der Waals surface area (Å²) in [7, 11) is 1.59. The fourth-order valence-electron chi connectivity index (χ4n) is 1.57. The molecular weight excluding hydrogens is 268 g/mol. The molecule has 1 N–H and O–H groups in total. The van der Waals surface area contributed by atoms with Gasteiger partial charge in [-0.25, -0.2) is 5.43 Å². The van der Waals surface area contributed by atoms with Crippen LogP contribution in [0.1, 0.15) is 5.56 Å². The van der Waals surface area contributed by atoms with Gasteiger partial charge in [0.05, 0.1) is 13.3 Å². The molecule has 0 radical (unpaired) electrons. The quantitative estimate of drug-likeness (QED) is 0.653. The van der Waals surface area contributed by atoms with E-state index in [1.54, 1.807) is 37.6 Å². The topological polar surface area (TPSA) is 59.9 Å². The second kappa shape index (κ2) is 7.69. The molecule has 0 saturated carbocycles. The van der Waals surface area contributed by atoms with E-state index in [1.165, 1.54) is 0 Å². The second-order valence-electron chi connectivity index (χ2n) is 4.17. The molecule has 2 aromatic carbocycles. The van der Waals surface area contributed by atoms with Crippen molar-refractivity contribution in [3.8, 4) is 11.5 Å². The molecule has 0 unspecified atom stereocenters. The number of nitrogens with one attached hydrogen (secondary N) is 1. The van der Waals surface area contributed by atoms with E-state index < -0.39 is 0 Å². The lowest BCUT2D eigenvalue weighted by Crippen LogP contribution is -2.24. The van der Waals surface area contributed by atoms with Crippen LogP contribution < -0.4 is 14.9 Å². The molecule has 0 aromatic heterocycles. The van der Waals surface area contributed by atoms with Gasteiger partial charge in [0.15, 0.2) is 6.61 Å². The van der Waals surface area contributed by atoms with Crippen molar-refractivity contribution >= 4 is 12.1 Å². The molecule has 0 saturated heterocycles. The van der Waals surface area contributed by atoms with Gasteiger partial charge in [0, 0.05) is 0 Å². The lowest BCUT2D eigenvalue weighted by Gasteiger charge is -2.05. The normalized spacial score (nSPS) is 10.3. The third-order valence-corrected chi connectivity index (χ3v) is 2.63. The van der Waals surface area contributed by atoms with Gasteiger partial charge in [-0.2, -0.15) is 5.10 Å². The third-order valence-electron chi connectivity index (χ3n) is 2.63. The maximum absolute atomic E-state index is 11.6. The Hall–Kier alpha value is -2.82. The summed E-state index contributed by atoms with van der Waals surface area (Å²) in [5.41, 5.74) is 3.32. The van der Waals surface area contributed by atoms with Gasteiger partial charge in [0.2, 0.25) is 0 Å². The predicted octanol–water partition coefficient (Wildman–Crippen LogP) is 2.22. The summed E-state index contributed by atoms with van der Waals surface area (Å²) in [5.74, 6) is 1.01. The van der Waals surface area contributed by atoms with Gasteiger partial charge in [0.25, 0.3) is 5.91 Å². The average molecular weight is 284 g/mol. The minimum atomic E-state index is -0.321. The Balaban J connectivity index is 1.75. The van der Waals surface area contributed by atoms with Gasteiger partial charge < -0.3 is 9.47 Å². The van der Waals surface area contributed by atoms with Crippen molar-refractivity contribution in [2.24, 2.45) is 5.10 Å². The first-order valence-electron chi connectivity index (χ1n) is 6.42. The monoisotopic (exact) mass is 284 g/mol. The molecule has 5 heteroatoms. The summed E-state index contributed by atoms with van der Waals surface area (Å²) in [6, 6.07) is 16.5. The van der Waals surface area contributed by atoms with Crippen LogP contribution in [0.2, 0.25) is 0 Å². The number of hydrogen-bond acceptors (Lipinski definition) is 4. The molecule has 21 heavy (non-hydrogen) atoms. The molecule has 0 heterocycles. The molecule has 1 amide bonds. The van der Waals surface area contributed by atoms with Gasteiger partial charge in [-0.15, -0.1) is 0 Å². The zero-order valence-electron chi connectivity index (χ0n) is 11.7. The largest absolute Gasteiger partial charge is 0.497 e. The van der Waals surface area contributed by atoms with Gasteiger partial charge in [-0.1, -0.05) is 30.3 Å². The maximum atomic E-state index is 11.6. The van der Waals surface area contributed by atoms with E-state index in [9.17, 15) is 4.79 Å². The molecular formula is C16H16N2O3. The highest BCUT2D eigenvalue weighted by molar-refractivity contribution is 5.82.